The summed E-state index contributed by atoms with van der Waals surface area (Å²) >= 11 is 0. The van der Waals surface area contributed by atoms with E-state index in [9.17, 15) is 0 Å². The number of allylic oxidation sites excluding steroid dienone is 1. The maximum absolute atomic E-state index is 8.90. The minimum absolute atomic E-state index is 0.558. The number of nitrogens with one attached hydrogen (secondary N) is 2. The lowest BCUT2D eigenvalue weighted by Crippen LogP contribution is -2.26. The molecule has 0 bridgehead atoms. The van der Waals surface area contributed by atoms with Gasteiger partial charge in [-0.1, -0.05) is 18.7 Å². The van der Waals surface area contributed by atoms with Crippen molar-refractivity contribution in [2.75, 3.05) is 51.8 Å². The SMILES string of the molecule is C=CN(CCOC)CCOc1ccc(NC(CNCCc2ccc(C#N)cc2)=C2CC2)nc1. The van der Waals surface area contributed by atoms with E-state index in [-0.39, 0.29) is 0 Å². The number of pyridine rings is 1. The average molecular weight is 448 g/mol. The highest BCUT2D eigenvalue weighted by atomic mass is 16.5. The van der Waals surface area contributed by atoms with Crippen LogP contribution < -0.4 is 15.4 Å². The summed E-state index contributed by atoms with van der Waals surface area (Å²) in [5.41, 5.74) is 4.57. The lowest BCUT2D eigenvalue weighted by Gasteiger charge is -2.19. The van der Waals surface area contributed by atoms with Crippen molar-refractivity contribution in [3.8, 4) is 11.8 Å². The highest BCUT2D eigenvalue weighted by Crippen LogP contribution is 2.31. The van der Waals surface area contributed by atoms with Crippen molar-refractivity contribution in [2.24, 2.45) is 0 Å². The molecule has 174 valence electrons. The van der Waals surface area contributed by atoms with E-state index in [1.807, 2.05) is 36.4 Å². The van der Waals surface area contributed by atoms with Crippen molar-refractivity contribution in [3.63, 3.8) is 0 Å². The van der Waals surface area contributed by atoms with Gasteiger partial charge in [0.15, 0.2) is 0 Å². The summed E-state index contributed by atoms with van der Waals surface area (Å²) < 4.78 is 10.9. The summed E-state index contributed by atoms with van der Waals surface area (Å²) in [5, 5.41) is 15.9. The number of rotatable bonds is 15. The predicted octanol–water partition coefficient (Wildman–Crippen LogP) is 3.72. The Kier molecular flexibility index (Phi) is 9.77. The maximum atomic E-state index is 8.90. The summed E-state index contributed by atoms with van der Waals surface area (Å²) in [6.45, 7) is 8.24. The fourth-order valence-electron chi connectivity index (χ4n) is 3.29. The van der Waals surface area contributed by atoms with Crippen LogP contribution in [0.4, 0.5) is 5.82 Å². The van der Waals surface area contributed by atoms with Crippen LogP contribution in [0.5, 0.6) is 5.75 Å². The number of nitriles is 1. The molecule has 0 spiro atoms. The van der Waals surface area contributed by atoms with Gasteiger partial charge in [-0.3, -0.25) is 0 Å². The zero-order chi connectivity index (χ0) is 23.3. The van der Waals surface area contributed by atoms with Crippen LogP contribution in [0, 0.1) is 11.3 Å². The van der Waals surface area contributed by atoms with Crippen LogP contribution in [-0.2, 0) is 11.2 Å². The van der Waals surface area contributed by atoms with E-state index >= 15 is 0 Å². The topological polar surface area (TPSA) is 82.4 Å². The average Bonchev–Trinajstić information content (AvgIpc) is 3.70. The van der Waals surface area contributed by atoms with E-state index in [0.717, 1.165) is 57.0 Å². The van der Waals surface area contributed by atoms with E-state index in [1.54, 1.807) is 19.5 Å². The van der Waals surface area contributed by atoms with Crippen LogP contribution in [-0.4, -0.2) is 56.4 Å². The molecule has 0 saturated heterocycles. The fraction of sp³-hybridized carbons (Fsp3) is 0.385. The number of anilines is 1. The van der Waals surface area contributed by atoms with E-state index in [0.29, 0.717) is 18.8 Å². The third-order valence-electron chi connectivity index (χ3n) is 5.41. The molecule has 1 aliphatic carbocycles. The second kappa shape index (κ2) is 13.3. The molecule has 0 atom stereocenters. The van der Waals surface area contributed by atoms with Gasteiger partial charge in [-0.05, 0) is 67.4 Å². The normalized spacial score (nSPS) is 12.1. The molecule has 1 fully saturated rings. The van der Waals surface area contributed by atoms with Crippen molar-refractivity contribution in [2.45, 2.75) is 19.3 Å². The van der Waals surface area contributed by atoms with Crippen LogP contribution in [0.2, 0.25) is 0 Å². The summed E-state index contributed by atoms with van der Waals surface area (Å²) in [4.78, 5) is 6.57. The van der Waals surface area contributed by atoms with E-state index < -0.39 is 0 Å². The quantitative estimate of drug-likeness (QED) is 0.403. The Bertz CT molecular complexity index is 942. The largest absolute Gasteiger partial charge is 0.490 e. The van der Waals surface area contributed by atoms with Crippen LogP contribution in [0.25, 0.3) is 0 Å². The Balaban J connectivity index is 1.40. The maximum Gasteiger partial charge on any atom is 0.137 e. The highest BCUT2D eigenvalue weighted by Gasteiger charge is 2.18. The number of hydrogen-bond donors (Lipinski definition) is 2. The van der Waals surface area contributed by atoms with Gasteiger partial charge in [0.25, 0.3) is 0 Å². The standard InChI is InChI=1S/C26H33N5O2/c1-3-31(14-16-32-2)15-17-33-24-10-11-26(29-19-24)30-25(23-8-9-23)20-28-13-12-21-4-6-22(18-27)7-5-21/h3-7,10-11,19,28H,1,8-9,12-17,20H2,2H3,(H,29,30). The van der Waals surface area contributed by atoms with Crippen LogP contribution in [0.15, 0.2) is 66.6 Å². The first-order valence-electron chi connectivity index (χ1n) is 11.3. The van der Waals surface area contributed by atoms with Crippen LogP contribution >= 0.6 is 0 Å². The van der Waals surface area contributed by atoms with Crippen LogP contribution in [0.1, 0.15) is 24.0 Å². The van der Waals surface area contributed by atoms with Crippen LogP contribution in [0.3, 0.4) is 0 Å². The molecule has 2 aromatic rings. The van der Waals surface area contributed by atoms with Gasteiger partial charge in [0.1, 0.15) is 18.2 Å². The number of nitrogens with zero attached hydrogens (tertiary/aromatic N) is 3. The molecule has 0 amide bonds. The molecule has 7 nitrogen and oxygen atoms in total. The number of benzene rings is 1. The van der Waals surface area contributed by atoms with Gasteiger partial charge in [0.05, 0.1) is 31.0 Å². The Morgan fingerprint density at radius 1 is 1.18 bits per heavy atom. The summed E-state index contributed by atoms with van der Waals surface area (Å²) in [7, 11) is 1.69. The molecular weight excluding hydrogens is 414 g/mol. The molecule has 2 N–H and O–H groups in total. The molecule has 1 heterocycles. The van der Waals surface area contributed by atoms with Crippen molar-refractivity contribution in [3.05, 3.63) is 77.8 Å². The van der Waals surface area contributed by atoms with Crippen molar-refractivity contribution in [1.82, 2.24) is 15.2 Å². The summed E-state index contributed by atoms with van der Waals surface area (Å²) in [6, 6.07) is 13.8. The van der Waals surface area contributed by atoms with Gasteiger partial charge in [-0.2, -0.15) is 5.26 Å². The first-order chi connectivity index (χ1) is 16.2. The van der Waals surface area contributed by atoms with E-state index in [1.165, 1.54) is 16.8 Å². The van der Waals surface area contributed by atoms with Gasteiger partial charge in [-0.25, -0.2) is 4.98 Å². The number of hydrogen-bond acceptors (Lipinski definition) is 7. The lowest BCUT2D eigenvalue weighted by atomic mass is 10.1. The van der Waals surface area contributed by atoms with Gasteiger partial charge in [-0.15, -0.1) is 0 Å². The van der Waals surface area contributed by atoms with Crippen molar-refractivity contribution in [1.29, 1.82) is 5.26 Å². The van der Waals surface area contributed by atoms with Gasteiger partial charge in [0.2, 0.25) is 0 Å². The minimum atomic E-state index is 0.558. The lowest BCUT2D eigenvalue weighted by molar-refractivity contribution is 0.159. The predicted molar refractivity (Wildman–Crippen MR) is 131 cm³/mol. The molecule has 0 aliphatic heterocycles. The van der Waals surface area contributed by atoms with Gasteiger partial charge >= 0.3 is 0 Å². The Hall–Kier alpha value is -3.34. The molecule has 1 aromatic heterocycles. The first kappa shape index (κ1) is 24.3. The number of aromatic nitrogens is 1. The Labute approximate surface area is 196 Å². The molecule has 3 rings (SSSR count). The molecule has 1 aliphatic rings. The Morgan fingerprint density at radius 2 is 1.97 bits per heavy atom. The number of ether oxygens (including phenoxy) is 2. The highest BCUT2D eigenvalue weighted by molar-refractivity contribution is 5.46. The third kappa shape index (κ3) is 8.60. The molecular formula is C26H33N5O2. The molecule has 7 heteroatoms. The molecule has 1 aromatic carbocycles. The van der Waals surface area contributed by atoms with E-state index in [4.69, 9.17) is 14.7 Å². The van der Waals surface area contributed by atoms with Gasteiger partial charge < -0.3 is 25.0 Å². The minimum Gasteiger partial charge on any atom is -0.490 e. The fourth-order valence-corrected chi connectivity index (χ4v) is 3.29. The zero-order valence-electron chi connectivity index (χ0n) is 19.3. The van der Waals surface area contributed by atoms with Crippen molar-refractivity contribution >= 4 is 5.82 Å². The molecule has 0 radical (unpaired) electrons. The monoisotopic (exact) mass is 447 g/mol. The second-order valence-corrected chi connectivity index (χ2v) is 7.88. The molecule has 1 saturated carbocycles. The summed E-state index contributed by atoms with van der Waals surface area (Å²) in [6.07, 6.45) is 6.77. The molecule has 33 heavy (non-hydrogen) atoms. The van der Waals surface area contributed by atoms with Crippen molar-refractivity contribution < 1.29 is 9.47 Å². The summed E-state index contributed by atoms with van der Waals surface area (Å²) in [5.74, 6) is 1.57. The van der Waals surface area contributed by atoms with Gasteiger partial charge in [0, 0.05) is 25.9 Å². The zero-order valence-corrected chi connectivity index (χ0v) is 19.3. The first-order valence-corrected chi connectivity index (χ1v) is 11.3. The number of methoxy groups -OCH3 is 1. The Morgan fingerprint density at radius 3 is 2.61 bits per heavy atom. The second-order valence-electron chi connectivity index (χ2n) is 7.88. The molecule has 0 unspecified atom stereocenters. The van der Waals surface area contributed by atoms with E-state index in [2.05, 4.69) is 33.2 Å². The third-order valence-corrected chi connectivity index (χ3v) is 5.41. The smallest absolute Gasteiger partial charge is 0.137 e.